The molecule has 4 nitrogen and oxygen atoms in total. The Morgan fingerprint density at radius 3 is 2.84 bits per heavy atom. The maximum absolute atomic E-state index is 13.9. The summed E-state index contributed by atoms with van der Waals surface area (Å²) in [4.78, 5) is 12.8. The van der Waals surface area contributed by atoms with Crippen molar-refractivity contribution in [2.75, 3.05) is 13.1 Å². The van der Waals surface area contributed by atoms with E-state index in [1.807, 2.05) is 13.0 Å². The molecule has 102 valence electrons. The first-order valence-corrected chi connectivity index (χ1v) is 6.26. The van der Waals surface area contributed by atoms with Gasteiger partial charge < -0.3 is 5.73 Å². The van der Waals surface area contributed by atoms with Gasteiger partial charge in [-0.1, -0.05) is 25.5 Å². The predicted octanol–water partition coefficient (Wildman–Crippen LogP) is 1.78. The molecule has 0 unspecified atom stereocenters. The molecule has 0 aromatic heterocycles. The predicted molar refractivity (Wildman–Crippen MR) is 70.5 cm³/mol. The van der Waals surface area contributed by atoms with Crippen molar-refractivity contribution in [1.82, 2.24) is 4.90 Å². The quantitative estimate of drug-likeness (QED) is 0.815. The van der Waals surface area contributed by atoms with Crippen LogP contribution in [0.2, 0.25) is 0 Å². The molecule has 0 aliphatic rings. The molecule has 0 fully saturated rings. The molecule has 0 heterocycles. The van der Waals surface area contributed by atoms with Gasteiger partial charge in [0.2, 0.25) is 5.91 Å². The lowest BCUT2D eigenvalue weighted by atomic mass is 10.1. The van der Waals surface area contributed by atoms with Gasteiger partial charge in [0.15, 0.2) is 0 Å². The molecule has 19 heavy (non-hydrogen) atoms. The fourth-order valence-electron chi connectivity index (χ4n) is 1.85. The number of hydrogen-bond acceptors (Lipinski definition) is 3. The van der Waals surface area contributed by atoms with E-state index in [-0.39, 0.29) is 18.7 Å². The SMILES string of the molecule is CCCCN(CC(N)=O)Cc1cccc(C#N)c1F. The van der Waals surface area contributed by atoms with Crippen molar-refractivity contribution in [3.05, 3.63) is 35.1 Å². The molecule has 1 aromatic rings. The summed E-state index contributed by atoms with van der Waals surface area (Å²) >= 11 is 0. The highest BCUT2D eigenvalue weighted by Crippen LogP contribution is 2.14. The Bertz CT molecular complexity index is 482. The van der Waals surface area contributed by atoms with Gasteiger partial charge >= 0.3 is 0 Å². The highest BCUT2D eigenvalue weighted by molar-refractivity contribution is 5.75. The zero-order chi connectivity index (χ0) is 14.3. The summed E-state index contributed by atoms with van der Waals surface area (Å²) in [7, 11) is 0. The minimum Gasteiger partial charge on any atom is -0.369 e. The van der Waals surface area contributed by atoms with Crippen LogP contribution < -0.4 is 5.73 Å². The van der Waals surface area contributed by atoms with Crippen LogP contribution in [-0.2, 0) is 11.3 Å². The number of carbonyl (C=O) groups is 1. The van der Waals surface area contributed by atoms with Crippen molar-refractivity contribution in [3.63, 3.8) is 0 Å². The Hall–Kier alpha value is -1.93. The number of amides is 1. The van der Waals surface area contributed by atoms with Crippen molar-refractivity contribution in [1.29, 1.82) is 5.26 Å². The molecule has 1 rings (SSSR count). The van der Waals surface area contributed by atoms with Crippen LogP contribution in [0.1, 0.15) is 30.9 Å². The minimum atomic E-state index is -0.518. The second kappa shape index (κ2) is 7.49. The van der Waals surface area contributed by atoms with E-state index in [1.54, 1.807) is 17.0 Å². The number of hydrogen-bond donors (Lipinski definition) is 1. The summed E-state index contributed by atoms with van der Waals surface area (Å²) in [6, 6.07) is 6.50. The number of nitrogens with zero attached hydrogens (tertiary/aromatic N) is 2. The molecule has 5 heteroatoms. The number of nitriles is 1. The lowest BCUT2D eigenvalue weighted by Crippen LogP contribution is -2.34. The van der Waals surface area contributed by atoms with Crippen molar-refractivity contribution in [2.45, 2.75) is 26.3 Å². The van der Waals surface area contributed by atoms with E-state index < -0.39 is 11.7 Å². The molecule has 0 saturated carbocycles. The van der Waals surface area contributed by atoms with Gasteiger partial charge in [-0.2, -0.15) is 5.26 Å². The van der Waals surface area contributed by atoms with Crippen LogP contribution in [0.25, 0.3) is 0 Å². The Kier molecular flexibility index (Phi) is 5.97. The van der Waals surface area contributed by atoms with Gasteiger partial charge in [0.25, 0.3) is 0 Å². The van der Waals surface area contributed by atoms with Crippen molar-refractivity contribution < 1.29 is 9.18 Å². The first kappa shape index (κ1) is 15.1. The molecule has 0 spiro atoms. The second-order valence-electron chi connectivity index (χ2n) is 4.42. The third-order valence-corrected chi connectivity index (χ3v) is 2.80. The smallest absolute Gasteiger partial charge is 0.231 e. The van der Waals surface area contributed by atoms with Gasteiger partial charge in [0, 0.05) is 12.1 Å². The topological polar surface area (TPSA) is 70.1 Å². The summed E-state index contributed by atoms with van der Waals surface area (Å²) in [5, 5.41) is 8.79. The van der Waals surface area contributed by atoms with E-state index in [0.29, 0.717) is 12.1 Å². The molecule has 1 amide bonds. The molecule has 0 radical (unpaired) electrons. The Morgan fingerprint density at radius 2 is 2.26 bits per heavy atom. The average molecular weight is 263 g/mol. The molecular formula is C14H18FN3O. The monoisotopic (exact) mass is 263 g/mol. The van der Waals surface area contributed by atoms with Gasteiger partial charge in [-0.15, -0.1) is 0 Å². The summed E-state index contributed by atoms with van der Waals surface area (Å²) in [5.41, 5.74) is 5.62. The van der Waals surface area contributed by atoms with Gasteiger partial charge in [-0.05, 0) is 19.0 Å². The highest BCUT2D eigenvalue weighted by atomic mass is 19.1. The summed E-state index contributed by atoms with van der Waals surface area (Å²) in [6.45, 7) is 3.09. The Labute approximate surface area is 112 Å². The number of nitrogens with two attached hydrogens (primary N) is 1. The zero-order valence-electron chi connectivity index (χ0n) is 11.0. The first-order chi connectivity index (χ1) is 9.08. The normalized spacial score (nSPS) is 10.4. The molecule has 1 aromatic carbocycles. The van der Waals surface area contributed by atoms with Gasteiger partial charge in [-0.25, -0.2) is 4.39 Å². The van der Waals surface area contributed by atoms with Crippen LogP contribution in [-0.4, -0.2) is 23.9 Å². The van der Waals surface area contributed by atoms with Crippen LogP contribution in [0.4, 0.5) is 4.39 Å². The molecule has 0 aliphatic carbocycles. The minimum absolute atomic E-state index is 0.0204. The van der Waals surface area contributed by atoms with Crippen LogP contribution in [0, 0.1) is 17.1 Å². The number of carbonyl (C=O) groups excluding carboxylic acids is 1. The van der Waals surface area contributed by atoms with Crippen molar-refractivity contribution in [3.8, 4) is 6.07 Å². The van der Waals surface area contributed by atoms with E-state index >= 15 is 0 Å². The van der Waals surface area contributed by atoms with Crippen molar-refractivity contribution >= 4 is 5.91 Å². The molecule has 0 aliphatic heterocycles. The molecule has 0 saturated heterocycles. The fourth-order valence-corrected chi connectivity index (χ4v) is 1.85. The highest BCUT2D eigenvalue weighted by Gasteiger charge is 2.13. The molecule has 0 atom stereocenters. The fraction of sp³-hybridized carbons (Fsp3) is 0.429. The first-order valence-electron chi connectivity index (χ1n) is 6.26. The number of halogens is 1. The summed E-state index contributed by atoms with van der Waals surface area (Å²) in [5.74, 6) is -0.955. The van der Waals surface area contributed by atoms with Crippen LogP contribution in [0.5, 0.6) is 0 Å². The molecular weight excluding hydrogens is 245 g/mol. The maximum Gasteiger partial charge on any atom is 0.231 e. The lowest BCUT2D eigenvalue weighted by Gasteiger charge is -2.20. The standard InChI is InChI=1S/C14H18FN3O/c1-2-3-7-18(10-13(17)19)9-12-6-4-5-11(8-16)14(12)15/h4-6H,2-3,7,9-10H2,1H3,(H2,17,19). The third kappa shape index (κ3) is 4.68. The van der Waals surface area contributed by atoms with Gasteiger partial charge in [0.05, 0.1) is 12.1 Å². The lowest BCUT2D eigenvalue weighted by molar-refractivity contribution is -0.119. The van der Waals surface area contributed by atoms with Gasteiger partial charge in [-0.3, -0.25) is 9.69 Å². The number of rotatable bonds is 7. The Morgan fingerprint density at radius 1 is 1.53 bits per heavy atom. The molecule has 2 N–H and O–H groups in total. The van der Waals surface area contributed by atoms with Crippen molar-refractivity contribution in [2.24, 2.45) is 5.73 Å². The van der Waals surface area contributed by atoms with Crippen LogP contribution in [0.3, 0.4) is 0 Å². The molecule has 0 bridgehead atoms. The number of benzene rings is 1. The van der Waals surface area contributed by atoms with E-state index in [2.05, 4.69) is 0 Å². The second-order valence-corrected chi connectivity index (χ2v) is 4.42. The van der Waals surface area contributed by atoms with Gasteiger partial charge in [0.1, 0.15) is 11.9 Å². The van der Waals surface area contributed by atoms with E-state index in [9.17, 15) is 9.18 Å². The summed E-state index contributed by atoms with van der Waals surface area (Å²) < 4.78 is 13.9. The van der Waals surface area contributed by atoms with Crippen LogP contribution in [0.15, 0.2) is 18.2 Å². The maximum atomic E-state index is 13.9. The van der Waals surface area contributed by atoms with E-state index in [1.165, 1.54) is 6.07 Å². The van der Waals surface area contributed by atoms with E-state index in [4.69, 9.17) is 11.0 Å². The third-order valence-electron chi connectivity index (χ3n) is 2.80. The Balaban J connectivity index is 2.83. The largest absolute Gasteiger partial charge is 0.369 e. The van der Waals surface area contributed by atoms with E-state index in [0.717, 1.165) is 12.8 Å². The average Bonchev–Trinajstić information content (AvgIpc) is 2.37. The zero-order valence-corrected chi connectivity index (χ0v) is 11.0. The number of primary amides is 1. The van der Waals surface area contributed by atoms with Crippen LogP contribution >= 0.6 is 0 Å². The summed E-state index contributed by atoms with van der Waals surface area (Å²) in [6.07, 6.45) is 1.89. The number of unbranched alkanes of at least 4 members (excludes halogenated alkanes) is 1.